The second-order valence-corrected chi connectivity index (χ2v) is 7.11. The zero-order valence-electron chi connectivity index (χ0n) is 8.86. The number of sulfonamides is 1. The lowest BCUT2D eigenvalue weighted by Crippen LogP contribution is -2.50. The maximum atomic E-state index is 12.1. The lowest BCUT2D eigenvalue weighted by atomic mass is 10.4. The number of hydrogen-bond acceptors (Lipinski definition) is 3. The lowest BCUT2D eigenvalue weighted by molar-refractivity contribution is 0.221. The van der Waals surface area contributed by atoms with Gasteiger partial charge in [0.25, 0.3) is 0 Å². The molecule has 4 nitrogen and oxygen atoms in total. The summed E-state index contributed by atoms with van der Waals surface area (Å²) in [5, 5.41) is 0. The molecule has 0 unspecified atom stereocenters. The van der Waals surface area contributed by atoms with Gasteiger partial charge in [-0.15, -0.1) is 0 Å². The van der Waals surface area contributed by atoms with Crippen molar-refractivity contribution in [2.24, 2.45) is 0 Å². The van der Waals surface area contributed by atoms with Gasteiger partial charge in [0.15, 0.2) is 0 Å². The van der Waals surface area contributed by atoms with Gasteiger partial charge in [-0.2, -0.15) is 4.31 Å². The Balaban J connectivity index is 2.08. The molecule has 0 bridgehead atoms. The minimum absolute atomic E-state index is 0.428. The Hall–Kier alpha value is -0.130. The summed E-state index contributed by atoms with van der Waals surface area (Å²) in [6.07, 6.45) is 1.67. The Kier molecular flexibility index (Phi) is 2.36. The Morgan fingerprint density at radius 1 is 1.07 bits per heavy atom. The molecule has 82 valence electrons. The van der Waals surface area contributed by atoms with E-state index in [1.807, 2.05) is 14.0 Å². The summed E-state index contributed by atoms with van der Waals surface area (Å²) in [5.41, 5.74) is 0. The van der Waals surface area contributed by atoms with E-state index in [-0.39, 0.29) is 0 Å². The van der Waals surface area contributed by atoms with E-state index >= 15 is 0 Å². The smallest absolute Gasteiger partial charge is 0.219 e. The molecule has 5 heteroatoms. The van der Waals surface area contributed by atoms with Gasteiger partial charge < -0.3 is 4.90 Å². The second kappa shape index (κ2) is 3.18. The molecule has 2 fully saturated rings. The van der Waals surface area contributed by atoms with E-state index in [4.69, 9.17) is 0 Å². The van der Waals surface area contributed by atoms with Crippen LogP contribution in [-0.4, -0.2) is 55.6 Å². The van der Waals surface area contributed by atoms with E-state index < -0.39 is 14.8 Å². The molecule has 1 saturated heterocycles. The number of hydrogen-bond donors (Lipinski definition) is 0. The minimum Gasteiger partial charge on any atom is -0.304 e. The van der Waals surface area contributed by atoms with Crippen LogP contribution in [0.4, 0.5) is 0 Å². The summed E-state index contributed by atoms with van der Waals surface area (Å²) >= 11 is 0. The van der Waals surface area contributed by atoms with Crippen LogP contribution in [0.5, 0.6) is 0 Å². The normalized spacial score (nSPS) is 29.0. The molecule has 1 aliphatic heterocycles. The predicted molar refractivity (Wildman–Crippen MR) is 55.6 cm³/mol. The molecule has 0 aromatic heterocycles. The summed E-state index contributed by atoms with van der Waals surface area (Å²) in [5.74, 6) is 0. The van der Waals surface area contributed by atoms with Crippen LogP contribution in [0, 0.1) is 0 Å². The zero-order valence-corrected chi connectivity index (χ0v) is 9.68. The molecule has 0 aromatic rings. The van der Waals surface area contributed by atoms with Crippen molar-refractivity contribution in [3.8, 4) is 0 Å². The quantitative estimate of drug-likeness (QED) is 0.661. The highest BCUT2D eigenvalue weighted by Crippen LogP contribution is 2.44. The Morgan fingerprint density at radius 3 is 2.00 bits per heavy atom. The van der Waals surface area contributed by atoms with Gasteiger partial charge in [-0.1, -0.05) is 0 Å². The fourth-order valence-corrected chi connectivity index (χ4v) is 3.66. The second-order valence-electron chi connectivity index (χ2n) is 4.66. The van der Waals surface area contributed by atoms with Crippen LogP contribution in [0.2, 0.25) is 0 Å². The van der Waals surface area contributed by atoms with Crippen LogP contribution in [0.15, 0.2) is 0 Å². The molecule has 0 atom stereocenters. The number of likely N-dealkylation sites (N-methyl/N-ethyl adjacent to an activating group) is 1. The maximum Gasteiger partial charge on any atom is 0.219 e. The average Bonchev–Trinajstić information content (AvgIpc) is 2.86. The van der Waals surface area contributed by atoms with Crippen LogP contribution >= 0.6 is 0 Å². The molecule has 0 radical (unpaired) electrons. The maximum absolute atomic E-state index is 12.1. The topological polar surface area (TPSA) is 40.6 Å². The highest BCUT2D eigenvalue weighted by molar-refractivity contribution is 7.90. The van der Waals surface area contributed by atoms with Gasteiger partial charge in [0.1, 0.15) is 0 Å². The van der Waals surface area contributed by atoms with E-state index in [1.54, 1.807) is 4.31 Å². The fourth-order valence-electron chi connectivity index (χ4n) is 1.77. The standard InChI is InChI=1S/C9H18N2O2S/c1-9(3-4-9)14(12,13)11-7-5-10(2)6-8-11/h3-8H2,1-2H3. The van der Waals surface area contributed by atoms with Crippen molar-refractivity contribution in [1.82, 2.24) is 9.21 Å². The molecule has 0 amide bonds. The Bertz CT molecular complexity index is 314. The van der Waals surface area contributed by atoms with Crippen LogP contribution in [0.3, 0.4) is 0 Å². The average molecular weight is 218 g/mol. The zero-order chi connectivity index (χ0) is 10.4. The Labute approximate surface area is 85.9 Å². The first-order chi connectivity index (χ1) is 6.46. The third kappa shape index (κ3) is 1.57. The predicted octanol–water partition coefficient (Wildman–Crippen LogP) is 0.116. The molecule has 0 N–H and O–H groups in total. The van der Waals surface area contributed by atoms with Gasteiger partial charge in [0.05, 0.1) is 4.75 Å². The molecule has 2 rings (SSSR count). The van der Waals surface area contributed by atoms with E-state index in [0.29, 0.717) is 13.1 Å². The summed E-state index contributed by atoms with van der Waals surface area (Å²) in [4.78, 5) is 2.17. The van der Waals surface area contributed by atoms with Gasteiger partial charge in [0.2, 0.25) is 10.0 Å². The number of piperazine rings is 1. The molecule has 2 aliphatic rings. The van der Waals surface area contributed by atoms with Gasteiger partial charge >= 0.3 is 0 Å². The van der Waals surface area contributed by atoms with Crippen molar-refractivity contribution < 1.29 is 8.42 Å². The summed E-state index contributed by atoms with van der Waals surface area (Å²) in [6.45, 7) is 4.90. The fraction of sp³-hybridized carbons (Fsp3) is 1.00. The molecular weight excluding hydrogens is 200 g/mol. The van der Waals surface area contributed by atoms with E-state index in [2.05, 4.69) is 4.90 Å². The van der Waals surface area contributed by atoms with Crippen molar-refractivity contribution in [2.45, 2.75) is 24.5 Å². The third-order valence-corrected chi connectivity index (χ3v) is 6.08. The summed E-state index contributed by atoms with van der Waals surface area (Å²) in [7, 11) is -0.975. The first-order valence-corrected chi connectivity index (χ1v) is 6.58. The first kappa shape index (κ1) is 10.4. The molecular formula is C9H18N2O2S. The summed E-state index contributed by atoms with van der Waals surface area (Å²) < 4.78 is 25.4. The van der Waals surface area contributed by atoms with Gasteiger partial charge in [0, 0.05) is 26.2 Å². The van der Waals surface area contributed by atoms with Crippen molar-refractivity contribution in [2.75, 3.05) is 33.2 Å². The monoisotopic (exact) mass is 218 g/mol. The van der Waals surface area contributed by atoms with Gasteiger partial charge in [-0.3, -0.25) is 0 Å². The molecule has 1 heterocycles. The summed E-state index contributed by atoms with van der Waals surface area (Å²) in [6, 6.07) is 0. The van der Waals surface area contributed by atoms with E-state index in [1.165, 1.54) is 0 Å². The first-order valence-electron chi connectivity index (χ1n) is 5.14. The largest absolute Gasteiger partial charge is 0.304 e. The number of nitrogens with zero attached hydrogens (tertiary/aromatic N) is 2. The SMILES string of the molecule is CN1CCN(S(=O)(=O)C2(C)CC2)CC1. The highest BCUT2D eigenvalue weighted by atomic mass is 32.2. The van der Waals surface area contributed by atoms with E-state index in [0.717, 1.165) is 25.9 Å². The molecule has 14 heavy (non-hydrogen) atoms. The van der Waals surface area contributed by atoms with Crippen LogP contribution < -0.4 is 0 Å². The molecule has 1 saturated carbocycles. The molecule has 1 aliphatic carbocycles. The molecule has 0 spiro atoms. The van der Waals surface area contributed by atoms with Crippen molar-refractivity contribution in [3.05, 3.63) is 0 Å². The number of rotatable bonds is 2. The van der Waals surface area contributed by atoms with E-state index in [9.17, 15) is 8.42 Å². The highest BCUT2D eigenvalue weighted by Gasteiger charge is 2.52. The van der Waals surface area contributed by atoms with Crippen LogP contribution in [-0.2, 0) is 10.0 Å². The van der Waals surface area contributed by atoms with Crippen molar-refractivity contribution >= 4 is 10.0 Å². The van der Waals surface area contributed by atoms with Crippen LogP contribution in [0.1, 0.15) is 19.8 Å². The minimum atomic E-state index is -3.01. The lowest BCUT2D eigenvalue weighted by Gasteiger charge is -2.33. The molecule has 0 aromatic carbocycles. The third-order valence-electron chi connectivity index (χ3n) is 3.38. The van der Waals surface area contributed by atoms with Gasteiger partial charge in [-0.25, -0.2) is 8.42 Å². The Morgan fingerprint density at radius 2 is 1.57 bits per heavy atom. The van der Waals surface area contributed by atoms with Crippen molar-refractivity contribution in [1.29, 1.82) is 0 Å². The van der Waals surface area contributed by atoms with Gasteiger partial charge in [-0.05, 0) is 26.8 Å². The van der Waals surface area contributed by atoms with Crippen molar-refractivity contribution in [3.63, 3.8) is 0 Å². The van der Waals surface area contributed by atoms with Crippen LogP contribution in [0.25, 0.3) is 0 Å².